The van der Waals surface area contributed by atoms with Crippen molar-refractivity contribution in [2.75, 3.05) is 0 Å². The molecule has 213 valence electrons. The third-order valence-electron chi connectivity index (χ3n) is 7.10. The van der Waals surface area contributed by atoms with Crippen molar-refractivity contribution < 1.29 is 24.5 Å². The second-order valence-corrected chi connectivity index (χ2v) is 12.6. The molecule has 5 heteroatoms. The van der Waals surface area contributed by atoms with Crippen molar-refractivity contribution in [1.82, 2.24) is 9.97 Å². The van der Waals surface area contributed by atoms with E-state index in [0.717, 1.165) is 45.5 Å². The van der Waals surface area contributed by atoms with Gasteiger partial charge in [-0.25, -0.2) is 0 Å². The maximum Gasteiger partial charge on any atom is 0.122 e. The third kappa shape index (κ3) is 6.24. The van der Waals surface area contributed by atoms with Gasteiger partial charge < -0.3 is 14.4 Å². The smallest absolute Gasteiger partial charge is 0.122 e. The molecule has 0 bridgehead atoms. The van der Waals surface area contributed by atoms with Crippen LogP contribution < -0.4 is 0 Å². The molecule has 0 saturated heterocycles. The molecular weight excluding hydrogens is 713 g/mol. The second-order valence-electron chi connectivity index (χ2n) is 11.7. The fraction of sp³-hybridized carbons (Fsp3) is 0.189. The van der Waals surface area contributed by atoms with Crippen LogP contribution in [0.15, 0.2) is 95.0 Å². The molecule has 42 heavy (non-hydrogen) atoms. The van der Waals surface area contributed by atoms with Gasteiger partial charge in [-0.2, -0.15) is 0 Å². The molecule has 0 unspecified atom stereocenters. The molecule has 0 spiro atoms. The maximum absolute atomic E-state index is 6.32. The Balaban J connectivity index is 0.000000212. The van der Waals surface area contributed by atoms with Gasteiger partial charge in [-0.1, -0.05) is 55.5 Å². The Kier molecular flexibility index (Phi) is 8.75. The number of rotatable bonds is 3. The fourth-order valence-corrected chi connectivity index (χ4v) is 6.04. The first-order valence-electron chi connectivity index (χ1n) is 13.9. The van der Waals surface area contributed by atoms with Gasteiger partial charge in [0.05, 0.1) is 5.58 Å². The number of aryl methyl sites for hydroxylation is 2. The van der Waals surface area contributed by atoms with Crippen molar-refractivity contribution in [2.24, 2.45) is 5.41 Å². The van der Waals surface area contributed by atoms with Gasteiger partial charge in [-0.05, 0) is 77.2 Å². The summed E-state index contributed by atoms with van der Waals surface area (Å²) in [6, 6.07) is 31.1. The van der Waals surface area contributed by atoms with Gasteiger partial charge in [-0.15, -0.1) is 65.4 Å². The van der Waals surface area contributed by atoms with Gasteiger partial charge >= 0.3 is 0 Å². The average molecular weight is 745 g/mol. The number of fused-ring (bicyclic) bond motifs is 5. The van der Waals surface area contributed by atoms with Crippen molar-refractivity contribution in [1.29, 1.82) is 0 Å². The van der Waals surface area contributed by atoms with Crippen LogP contribution in [0.25, 0.3) is 54.5 Å². The Morgan fingerprint density at radius 2 is 1.69 bits per heavy atom. The molecule has 0 atom stereocenters. The van der Waals surface area contributed by atoms with Crippen LogP contribution in [-0.2, 0) is 26.5 Å². The number of hydrogen-bond donors (Lipinski definition) is 0. The summed E-state index contributed by atoms with van der Waals surface area (Å²) in [6.45, 7) is 11.0. The zero-order chi connectivity index (χ0) is 28.6. The van der Waals surface area contributed by atoms with E-state index >= 15 is 0 Å². The second kappa shape index (κ2) is 12.3. The largest absolute Gasteiger partial charge is 0.501 e. The number of furan rings is 1. The Morgan fingerprint density at radius 1 is 0.857 bits per heavy atom. The Labute approximate surface area is 265 Å². The standard InChI is InChI=1S/C25H22NOS.C12H10N.Ir/c1-15-14-26-20(12-17(15)13-25(2,3)4)18-6-5-7-19-22-21(27-23(18)19)9-8-16-10-11-28-24(16)22;1-10-7-8-12(13-9-10)11-5-3-2-4-6-11;/h5,7-12,14H,13H2,1-4H3;2-5,7-9H,1H3;/q2*-1;. The SMILES string of the molecule is Cc1ccc(-c2[c-]cccc2)nc1.Cc1cnc(-c2[c-]ccc3c2oc2ccc4ccsc4c23)cc1CC(C)(C)C.[Ir]. The predicted octanol–water partition coefficient (Wildman–Crippen LogP) is 10.4. The average Bonchev–Trinajstić information content (AvgIpc) is 3.59. The van der Waals surface area contributed by atoms with Crippen LogP contribution in [0, 0.1) is 31.4 Å². The molecular formula is C37H32IrN2OS-2. The molecule has 0 aliphatic heterocycles. The van der Waals surface area contributed by atoms with Gasteiger partial charge in [0.1, 0.15) is 5.58 Å². The van der Waals surface area contributed by atoms with Crippen LogP contribution in [-0.4, -0.2) is 9.97 Å². The van der Waals surface area contributed by atoms with E-state index in [1.165, 1.54) is 32.2 Å². The fourth-order valence-electron chi connectivity index (χ4n) is 5.09. The van der Waals surface area contributed by atoms with E-state index in [2.05, 4.69) is 86.6 Å². The minimum atomic E-state index is 0. The number of benzene rings is 3. The van der Waals surface area contributed by atoms with E-state index in [1.807, 2.05) is 55.7 Å². The van der Waals surface area contributed by atoms with Gasteiger partial charge in [0.15, 0.2) is 0 Å². The van der Waals surface area contributed by atoms with Gasteiger partial charge in [0, 0.05) is 42.6 Å². The number of aromatic nitrogens is 2. The van der Waals surface area contributed by atoms with Crippen molar-refractivity contribution in [3.63, 3.8) is 0 Å². The van der Waals surface area contributed by atoms with Gasteiger partial charge in [-0.3, -0.25) is 0 Å². The van der Waals surface area contributed by atoms with Crippen molar-refractivity contribution in [3.05, 3.63) is 119 Å². The Morgan fingerprint density at radius 3 is 2.43 bits per heavy atom. The van der Waals surface area contributed by atoms with Crippen LogP contribution >= 0.6 is 11.3 Å². The molecule has 0 fully saturated rings. The number of hydrogen-bond acceptors (Lipinski definition) is 4. The van der Waals surface area contributed by atoms with E-state index < -0.39 is 0 Å². The van der Waals surface area contributed by atoms with Crippen molar-refractivity contribution >= 4 is 43.4 Å². The van der Waals surface area contributed by atoms with Crippen LogP contribution in [0.3, 0.4) is 0 Å². The summed E-state index contributed by atoms with van der Waals surface area (Å²) in [4.78, 5) is 9.04. The topological polar surface area (TPSA) is 38.9 Å². The first kappa shape index (κ1) is 29.8. The van der Waals surface area contributed by atoms with E-state index in [0.29, 0.717) is 0 Å². The molecule has 0 saturated carbocycles. The molecule has 0 amide bonds. The Bertz CT molecular complexity index is 1970. The van der Waals surface area contributed by atoms with Gasteiger partial charge in [0.2, 0.25) is 0 Å². The molecule has 4 aromatic heterocycles. The van der Waals surface area contributed by atoms with E-state index in [9.17, 15) is 0 Å². The molecule has 0 N–H and O–H groups in total. The van der Waals surface area contributed by atoms with Crippen LogP contribution in [0.5, 0.6) is 0 Å². The summed E-state index contributed by atoms with van der Waals surface area (Å²) >= 11 is 1.76. The molecule has 1 radical (unpaired) electrons. The minimum absolute atomic E-state index is 0. The van der Waals surface area contributed by atoms with Crippen molar-refractivity contribution in [3.8, 4) is 22.5 Å². The van der Waals surface area contributed by atoms with Crippen LogP contribution in [0.2, 0.25) is 0 Å². The van der Waals surface area contributed by atoms with Crippen LogP contribution in [0.4, 0.5) is 0 Å². The predicted molar refractivity (Wildman–Crippen MR) is 172 cm³/mol. The zero-order valence-electron chi connectivity index (χ0n) is 24.4. The van der Waals surface area contributed by atoms with Crippen molar-refractivity contribution in [2.45, 2.75) is 41.0 Å². The summed E-state index contributed by atoms with van der Waals surface area (Å²) in [5.41, 5.74) is 9.65. The molecule has 3 nitrogen and oxygen atoms in total. The summed E-state index contributed by atoms with van der Waals surface area (Å²) in [7, 11) is 0. The first-order chi connectivity index (χ1) is 19.8. The maximum atomic E-state index is 6.32. The van der Waals surface area contributed by atoms with E-state index in [4.69, 9.17) is 9.40 Å². The first-order valence-corrected chi connectivity index (χ1v) is 14.7. The zero-order valence-corrected chi connectivity index (χ0v) is 27.6. The normalized spacial score (nSPS) is 11.4. The quantitative estimate of drug-likeness (QED) is 0.169. The van der Waals surface area contributed by atoms with E-state index in [1.54, 1.807) is 11.3 Å². The number of pyridine rings is 2. The molecule has 0 aliphatic carbocycles. The molecule has 3 aromatic carbocycles. The van der Waals surface area contributed by atoms with Crippen LogP contribution in [0.1, 0.15) is 37.5 Å². The van der Waals surface area contributed by atoms with Gasteiger partial charge in [0.25, 0.3) is 0 Å². The minimum Gasteiger partial charge on any atom is -0.501 e. The molecule has 0 aliphatic rings. The Hall–Kier alpha value is -3.63. The monoisotopic (exact) mass is 745 g/mol. The third-order valence-corrected chi connectivity index (χ3v) is 8.05. The molecule has 7 aromatic rings. The summed E-state index contributed by atoms with van der Waals surface area (Å²) in [6.07, 6.45) is 4.86. The number of thiophene rings is 1. The number of nitrogens with zero attached hydrogens (tertiary/aromatic N) is 2. The van der Waals surface area contributed by atoms with E-state index in [-0.39, 0.29) is 25.5 Å². The summed E-state index contributed by atoms with van der Waals surface area (Å²) in [5.74, 6) is 0. The summed E-state index contributed by atoms with van der Waals surface area (Å²) < 4.78 is 7.60. The molecule has 4 heterocycles. The molecule has 7 rings (SSSR count). The summed E-state index contributed by atoms with van der Waals surface area (Å²) in [5, 5.41) is 5.73.